The van der Waals surface area contributed by atoms with E-state index in [1.807, 2.05) is 0 Å². The van der Waals surface area contributed by atoms with Crippen molar-refractivity contribution in [1.29, 1.82) is 0 Å². The first-order valence-electron chi connectivity index (χ1n) is 3.58. The maximum Gasteiger partial charge on any atom is 0.345 e. The van der Waals surface area contributed by atoms with Gasteiger partial charge in [-0.2, -0.15) is 0 Å². The van der Waals surface area contributed by atoms with Crippen molar-refractivity contribution < 1.29 is 18.3 Å². The number of carbonyl (C=O) groups is 1. The van der Waals surface area contributed by atoms with Crippen molar-refractivity contribution in [1.82, 2.24) is 0 Å². The molecule has 1 atom stereocenters. The third-order valence-corrected chi connectivity index (χ3v) is 1.33. The molecule has 1 aromatic heterocycles. The van der Waals surface area contributed by atoms with Gasteiger partial charge in [0.15, 0.2) is 0 Å². The van der Waals surface area contributed by atoms with Crippen molar-refractivity contribution in [2.45, 2.75) is 13.1 Å². The van der Waals surface area contributed by atoms with Crippen LogP contribution in [0.4, 0.5) is 4.39 Å². The first kappa shape index (κ1) is 8.77. The molecule has 1 rings (SSSR count). The molecule has 0 bridgehead atoms. The number of halogens is 1. The SMILES string of the molecule is CCOC(=O)C(F)c1ccoc1. The predicted octanol–water partition coefficient (Wildman–Crippen LogP) is 1.85. The van der Waals surface area contributed by atoms with E-state index in [-0.39, 0.29) is 12.2 Å². The molecular formula is C8H9FO3. The van der Waals surface area contributed by atoms with Crippen LogP contribution in [0, 0.1) is 0 Å². The molecule has 0 saturated heterocycles. The minimum Gasteiger partial charge on any atom is -0.472 e. The van der Waals surface area contributed by atoms with E-state index in [1.54, 1.807) is 6.92 Å². The second kappa shape index (κ2) is 3.90. The number of esters is 1. The van der Waals surface area contributed by atoms with Gasteiger partial charge in [-0.15, -0.1) is 0 Å². The van der Waals surface area contributed by atoms with Gasteiger partial charge in [0.1, 0.15) is 0 Å². The van der Waals surface area contributed by atoms with E-state index in [9.17, 15) is 9.18 Å². The van der Waals surface area contributed by atoms with Crippen LogP contribution in [0.15, 0.2) is 23.0 Å². The average Bonchev–Trinajstić information content (AvgIpc) is 2.55. The lowest BCUT2D eigenvalue weighted by atomic mass is 10.2. The zero-order chi connectivity index (χ0) is 8.97. The molecule has 1 unspecified atom stereocenters. The van der Waals surface area contributed by atoms with Crippen LogP contribution in [0.5, 0.6) is 0 Å². The highest BCUT2D eigenvalue weighted by molar-refractivity contribution is 5.76. The van der Waals surface area contributed by atoms with Gasteiger partial charge < -0.3 is 9.15 Å². The fourth-order valence-electron chi connectivity index (χ4n) is 0.771. The van der Waals surface area contributed by atoms with E-state index in [0.29, 0.717) is 0 Å². The summed E-state index contributed by atoms with van der Waals surface area (Å²) in [6.07, 6.45) is 0.756. The lowest BCUT2D eigenvalue weighted by molar-refractivity contribution is -0.149. The van der Waals surface area contributed by atoms with E-state index in [0.717, 1.165) is 0 Å². The Morgan fingerprint density at radius 2 is 2.58 bits per heavy atom. The standard InChI is InChI=1S/C8H9FO3/c1-2-12-8(10)7(9)6-3-4-11-5-6/h3-5,7H,2H2,1H3. The molecule has 0 aliphatic heterocycles. The van der Waals surface area contributed by atoms with E-state index in [1.165, 1.54) is 18.6 Å². The molecule has 0 aliphatic rings. The Morgan fingerprint density at radius 1 is 1.83 bits per heavy atom. The van der Waals surface area contributed by atoms with Crippen molar-refractivity contribution in [3.63, 3.8) is 0 Å². The Morgan fingerprint density at radius 3 is 3.08 bits per heavy atom. The molecule has 0 aliphatic carbocycles. The van der Waals surface area contributed by atoms with Gasteiger partial charge in [-0.25, -0.2) is 9.18 Å². The topological polar surface area (TPSA) is 39.4 Å². The van der Waals surface area contributed by atoms with Gasteiger partial charge in [0.2, 0.25) is 6.17 Å². The summed E-state index contributed by atoms with van der Waals surface area (Å²) >= 11 is 0. The second-order valence-corrected chi connectivity index (χ2v) is 2.17. The predicted molar refractivity (Wildman–Crippen MR) is 39.2 cm³/mol. The summed E-state index contributed by atoms with van der Waals surface area (Å²) in [6, 6.07) is 1.39. The van der Waals surface area contributed by atoms with Gasteiger partial charge in [-0.3, -0.25) is 0 Å². The summed E-state index contributed by atoms with van der Waals surface area (Å²) in [5.41, 5.74) is 0.188. The Labute approximate surface area is 69.1 Å². The number of rotatable bonds is 3. The Hall–Kier alpha value is -1.32. The maximum atomic E-state index is 13.0. The molecule has 0 saturated carbocycles. The molecule has 66 valence electrons. The number of hydrogen-bond donors (Lipinski definition) is 0. The summed E-state index contributed by atoms with van der Waals surface area (Å²) in [6.45, 7) is 1.80. The van der Waals surface area contributed by atoms with Crippen molar-refractivity contribution in [3.05, 3.63) is 24.2 Å². The molecule has 1 aromatic rings. The molecule has 0 amide bonds. The molecule has 0 N–H and O–H groups in total. The molecule has 0 radical (unpaired) electrons. The van der Waals surface area contributed by atoms with Crippen molar-refractivity contribution >= 4 is 5.97 Å². The lowest BCUT2D eigenvalue weighted by Crippen LogP contribution is -2.11. The Bertz CT molecular complexity index is 243. The first-order valence-corrected chi connectivity index (χ1v) is 3.58. The molecule has 0 spiro atoms. The zero-order valence-electron chi connectivity index (χ0n) is 6.62. The lowest BCUT2D eigenvalue weighted by Gasteiger charge is -2.03. The first-order chi connectivity index (χ1) is 5.75. The van der Waals surface area contributed by atoms with Crippen LogP contribution in [0.25, 0.3) is 0 Å². The average molecular weight is 172 g/mol. The third-order valence-electron chi connectivity index (χ3n) is 1.33. The molecule has 1 heterocycles. The van der Waals surface area contributed by atoms with Crippen LogP contribution in [-0.2, 0) is 9.53 Å². The molecule has 0 aromatic carbocycles. The van der Waals surface area contributed by atoms with Crippen LogP contribution in [0.2, 0.25) is 0 Å². The minimum atomic E-state index is -1.73. The van der Waals surface area contributed by atoms with Crippen LogP contribution < -0.4 is 0 Å². The number of alkyl halides is 1. The van der Waals surface area contributed by atoms with Gasteiger partial charge in [0.25, 0.3) is 0 Å². The second-order valence-electron chi connectivity index (χ2n) is 2.17. The summed E-state index contributed by atoms with van der Waals surface area (Å²) < 4.78 is 22.1. The molecule has 12 heavy (non-hydrogen) atoms. The summed E-state index contributed by atoms with van der Waals surface area (Å²) in [5.74, 6) is -0.876. The number of carbonyl (C=O) groups excluding carboxylic acids is 1. The normalized spacial score (nSPS) is 12.5. The summed E-state index contributed by atoms with van der Waals surface area (Å²) in [5, 5.41) is 0. The van der Waals surface area contributed by atoms with E-state index < -0.39 is 12.1 Å². The van der Waals surface area contributed by atoms with Crippen LogP contribution in [-0.4, -0.2) is 12.6 Å². The van der Waals surface area contributed by atoms with Crippen molar-refractivity contribution in [2.24, 2.45) is 0 Å². The Balaban J connectivity index is 2.59. The molecule has 0 fully saturated rings. The van der Waals surface area contributed by atoms with Crippen molar-refractivity contribution in [2.75, 3.05) is 6.61 Å². The van der Waals surface area contributed by atoms with Gasteiger partial charge in [-0.05, 0) is 13.0 Å². The molecular weight excluding hydrogens is 163 g/mol. The largest absolute Gasteiger partial charge is 0.472 e. The highest BCUT2D eigenvalue weighted by Crippen LogP contribution is 2.18. The highest BCUT2D eigenvalue weighted by atomic mass is 19.1. The maximum absolute atomic E-state index is 13.0. The van der Waals surface area contributed by atoms with Crippen LogP contribution in [0.1, 0.15) is 18.7 Å². The summed E-state index contributed by atoms with van der Waals surface area (Å²) in [4.78, 5) is 10.8. The van der Waals surface area contributed by atoms with E-state index >= 15 is 0 Å². The van der Waals surface area contributed by atoms with Gasteiger partial charge in [0, 0.05) is 5.56 Å². The Kier molecular flexibility index (Phi) is 2.85. The van der Waals surface area contributed by atoms with Gasteiger partial charge in [0.05, 0.1) is 19.1 Å². The highest BCUT2D eigenvalue weighted by Gasteiger charge is 2.21. The number of furan rings is 1. The summed E-state index contributed by atoms with van der Waals surface area (Å²) in [7, 11) is 0. The van der Waals surface area contributed by atoms with E-state index in [4.69, 9.17) is 0 Å². The zero-order valence-corrected chi connectivity index (χ0v) is 6.62. The quantitative estimate of drug-likeness (QED) is 0.653. The van der Waals surface area contributed by atoms with Crippen molar-refractivity contribution in [3.8, 4) is 0 Å². The van der Waals surface area contributed by atoms with Gasteiger partial charge in [-0.1, -0.05) is 0 Å². The number of ether oxygens (including phenoxy) is 1. The molecule has 4 heteroatoms. The molecule has 3 nitrogen and oxygen atoms in total. The minimum absolute atomic E-state index is 0.178. The fraction of sp³-hybridized carbons (Fsp3) is 0.375. The van der Waals surface area contributed by atoms with Gasteiger partial charge >= 0.3 is 5.97 Å². The number of hydrogen-bond acceptors (Lipinski definition) is 3. The smallest absolute Gasteiger partial charge is 0.345 e. The third kappa shape index (κ3) is 1.84. The fourth-order valence-corrected chi connectivity index (χ4v) is 0.771. The van der Waals surface area contributed by atoms with E-state index in [2.05, 4.69) is 9.15 Å². The van der Waals surface area contributed by atoms with Crippen LogP contribution in [0.3, 0.4) is 0 Å². The van der Waals surface area contributed by atoms with Crippen LogP contribution >= 0.6 is 0 Å². The monoisotopic (exact) mass is 172 g/mol.